The zero-order valence-electron chi connectivity index (χ0n) is 16.2. The van der Waals surface area contributed by atoms with Crippen molar-refractivity contribution < 1.29 is 14.6 Å². The number of carbonyl (C=O) groups excluding carboxylic acids is 1. The van der Waals surface area contributed by atoms with Gasteiger partial charge < -0.3 is 14.7 Å². The smallest absolute Gasteiger partial charge is 0.236 e. The molecule has 0 radical (unpaired) electrons. The summed E-state index contributed by atoms with van der Waals surface area (Å²) in [5.74, 6) is 0.235. The SMILES string of the molecule is CC.O=C(CN1CCOCC1)N1CCN(Cc2cccc(CO)c2)CC1. The van der Waals surface area contributed by atoms with Crippen LogP contribution in [0.5, 0.6) is 0 Å². The molecule has 6 nitrogen and oxygen atoms in total. The molecule has 2 saturated heterocycles. The molecule has 26 heavy (non-hydrogen) atoms. The minimum Gasteiger partial charge on any atom is -0.392 e. The highest BCUT2D eigenvalue weighted by Crippen LogP contribution is 2.11. The Hall–Kier alpha value is -1.47. The van der Waals surface area contributed by atoms with Crippen LogP contribution in [0.4, 0.5) is 0 Å². The Balaban J connectivity index is 0.00000117. The first-order chi connectivity index (χ1) is 12.7. The zero-order chi connectivity index (χ0) is 18.8. The highest BCUT2D eigenvalue weighted by atomic mass is 16.5. The molecule has 1 amide bonds. The highest BCUT2D eigenvalue weighted by Gasteiger charge is 2.23. The first-order valence-electron chi connectivity index (χ1n) is 9.73. The van der Waals surface area contributed by atoms with Crippen LogP contribution in [0.1, 0.15) is 25.0 Å². The van der Waals surface area contributed by atoms with E-state index in [9.17, 15) is 9.90 Å². The number of carbonyl (C=O) groups is 1. The van der Waals surface area contributed by atoms with Crippen LogP contribution in [0.25, 0.3) is 0 Å². The topological polar surface area (TPSA) is 56.2 Å². The number of nitrogens with zero attached hydrogens (tertiary/aromatic N) is 3. The second-order valence-corrected chi connectivity index (χ2v) is 6.52. The fourth-order valence-corrected chi connectivity index (χ4v) is 3.29. The van der Waals surface area contributed by atoms with Gasteiger partial charge in [0, 0.05) is 45.8 Å². The predicted molar refractivity (Wildman–Crippen MR) is 103 cm³/mol. The molecule has 0 atom stereocenters. The van der Waals surface area contributed by atoms with Crippen molar-refractivity contribution in [3.05, 3.63) is 35.4 Å². The van der Waals surface area contributed by atoms with Gasteiger partial charge in [-0.15, -0.1) is 0 Å². The lowest BCUT2D eigenvalue weighted by molar-refractivity contribution is -0.135. The van der Waals surface area contributed by atoms with Crippen molar-refractivity contribution in [3.8, 4) is 0 Å². The first kappa shape index (κ1) is 20.8. The molecule has 6 heteroatoms. The maximum atomic E-state index is 12.4. The summed E-state index contributed by atoms with van der Waals surface area (Å²) in [6.07, 6.45) is 0. The molecule has 3 rings (SSSR count). The molecule has 0 aromatic heterocycles. The third-order valence-corrected chi connectivity index (χ3v) is 4.77. The van der Waals surface area contributed by atoms with Crippen molar-refractivity contribution in [1.82, 2.24) is 14.7 Å². The van der Waals surface area contributed by atoms with Gasteiger partial charge in [0.05, 0.1) is 26.4 Å². The maximum absolute atomic E-state index is 12.4. The molecule has 1 aromatic rings. The first-order valence-corrected chi connectivity index (χ1v) is 9.73. The van der Waals surface area contributed by atoms with Crippen molar-refractivity contribution in [2.75, 3.05) is 59.0 Å². The van der Waals surface area contributed by atoms with Gasteiger partial charge in [0.15, 0.2) is 0 Å². The highest BCUT2D eigenvalue weighted by molar-refractivity contribution is 5.78. The molecular weight excluding hydrogens is 330 g/mol. The number of rotatable bonds is 5. The summed E-state index contributed by atoms with van der Waals surface area (Å²) in [7, 11) is 0. The molecule has 0 bridgehead atoms. The van der Waals surface area contributed by atoms with Gasteiger partial charge in [0.1, 0.15) is 0 Å². The average molecular weight is 364 g/mol. The van der Waals surface area contributed by atoms with Crippen LogP contribution in [-0.4, -0.2) is 84.7 Å². The van der Waals surface area contributed by atoms with E-state index in [1.807, 2.05) is 30.9 Å². The van der Waals surface area contributed by atoms with Crippen LogP contribution < -0.4 is 0 Å². The van der Waals surface area contributed by atoms with Gasteiger partial charge in [-0.1, -0.05) is 38.1 Å². The number of ether oxygens (including phenoxy) is 1. The number of aliphatic hydroxyl groups is 1. The van der Waals surface area contributed by atoms with E-state index in [0.717, 1.165) is 64.6 Å². The van der Waals surface area contributed by atoms with Crippen molar-refractivity contribution >= 4 is 5.91 Å². The molecule has 0 aliphatic carbocycles. The largest absolute Gasteiger partial charge is 0.392 e. The second kappa shape index (κ2) is 11.3. The van der Waals surface area contributed by atoms with Gasteiger partial charge in [-0.2, -0.15) is 0 Å². The number of amides is 1. The Labute approximate surface area is 157 Å². The van der Waals surface area contributed by atoms with Crippen molar-refractivity contribution in [2.45, 2.75) is 27.0 Å². The number of benzene rings is 1. The van der Waals surface area contributed by atoms with Gasteiger partial charge in [-0.25, -0.2) is 0 Å². The molecule has 1 aromatic carbocycles. The summed E-state index contributed by atoms with van der Waals surface area (Å²) in [5.41, 5.74) is 2.17. The molecule has 0 unspecified atom stereocenters. The Kier molecular flexibility index (Phi) is 9.05. The third-order valence-electron chi connectivity index (χ3n) is 4.77. The normalized spacial score (nSPS) is 19.0. The maximum Gasteiger partial charge on any atom is 0.236 e. The summed E-state index contributed by atoms with van der Waals surface area (Å²) in [5, 5.41) is 9.23. The van der Waals surface area contributed by atoms with E-state index in [1.165, 1.54) is 5.56 Å². The van der Waals surface area contributed by atoms with Crippen LogP contribution in [0.15, 0.2) is 24.3 Å². The molecular formula is C20H33N3O3. The Bertz CT molecular complexity index is 539. The number of morpholine rings is 1. The Morgan fingerprint density at radius 3 is 2.31 bits per heavy atom. The number of piperazine rings is 1. The average Bonchev–Trinajstić information content (AvgIpc) is 2.71. The van der Waals surface area contributed by atoms with E-state index >= 15 is 0 Å². The lowest BCUT2D eigenvalue weighted by Gasteiger charge is -2.36. The standard InChI is InChI=1S/C18H27N3O3.C2H6/c22-15-17-3-1-2-16(12-17)13-19-4-6-21(7-5-19)18(23)14-20-8-10-24-11-9-20;1-2/h1-3,12,22H,4-11,13-15H2;1-2H3. The minimum absolute atomic E-state index is 0.0810. The zero-order valence-corrected chi connectivity index (χ0v) is 16.2. The summed E-state index contributed by atoms with van der Waals surface area (Å²) < 4.78 is 5.32. The lowest BCUT2D eigenvalue weighted by atomic mass is 10.1. The van der Waals surface area contributed by atoms with Crippen molar-refractivity contribution in [3.63, 3.8) is 0 Å². The van der Waals surface area contributed by atoms with Gasteiger partial charge in [0.2, 0.25) is 5.91 Å². The monoisotopic (exact) mass is 363 g/mol. The summed E-state index contributed by atoms with van der Waals surface area (Å²) >= 11 is 0. The Morgan fingerprint density at radius 2 is 1.65 bits per heavy atom. The molecule has 2 aliphatic rings. The van der Waals surface area contributed by atoms with Gasteiger partial charge in [0.25, 0.3) is 0 Å². The molecule has 2 aliphatic heterocycles. The Morgan fingerprint density at radius 1 is 1.00 bits per heavy atom. The summed E-state index contributed by atoms with van der Waals surface area (Å²) in [6.45, 7) is 12.0. The van der Waals surface area contributed by atoms with Crippen LogP contribution >= 0.6 is 0 Å². The molecule has 0 saturated carbocycles. The van der Waals surface area contributed by atoms with E-state index in [2.05, 4.69) is 21.9 Å². The van der Waals surface area contributed by atoms with Gasteiger partial charge in [-0.05, 0) is 11.1 Å². The lowest BCUT2D eigenvalue weighted by Crippen LogP contribution is -2.51. The van der Waals surface area contributed by atoms with Gasteiger partial charge in [-0.3, -0.25) is 14.6 Å². The minimum atomic E-state index is 0.0810. The molecule has 2 heterocycles. The fraction of sp³-hybridized carbons (Fsp3) is 0.650. The van der Waals surface area contributed by atoms with Crippen LogP contribution in [0.2, 0.25) is 0 Å². The molecule has 1 N–H and O–H groups in total. The molecule has 0 spiro atoms. The van der Waals surface area contributed by atoms with E-state index in [1.54, 1.807) is 0 Å². The number of hydrogen-bond donors (Lipinski definition) is 1. The van der Waals surface area contributed by atoms with Crippen molar-refractivity contribution in [2.24, 2.45) is 0 Å². The summed E-state index contributed by atoms with van der Waals surface area (Å²) in [6, 6.07) is 8.07. The predicted octanol–water partition coefficient (Wildman–Crippen LogP) is 1.18. The number of hydrogen-bond acceptors (Lipinski definition) is 5. The van der Waals surface area contributed by atoms with Crippen molar-refractivity contribution in [1.29, 1.82) is 0 Å². The quantitative estimate of drug-likeness (QED) is 0.851. The molecule has 146 valence electrons. The fourth-order valence-electron chi connectivity index (χ4n) is 3.29. The van der Waals surface area contributed by atoms with Crippen LogP contribution in [0, 0.1) is 0 Å². The molecule has 2 fully saturated rings. The van der Waals surface area contributed by atoms with Crippen LogP contribution in [-0.2, 0) is 22.7 Å². The van der Waals surface area contributed by atoms with E-state index in [-0.39, 0.29) is 12.5 Å². The van der Waals surface area contributed by atoms with Gasteiger partial charge >= 0.3 is 0 Å². The third kappa shape index (κ3) is 6.36. The van der Waals surface area contributed by atoms with E-state index in [4.69, 9.17) is 4.74 Å². The summed E-state index contributed by atoms with van der Waals surface area (Å²) in [4.78, 5) is 18.9. The number of aliphatic hydroxyl groups excluding tert-OH is 1. The van der Waals surface area contributed by atoms with E-state index in [0.29, 0.717) is 6.54 Å². The van der Waals surface area contributed by atoms with Crippen LogP contribution in [0.3, 0.4) is 0 Å². The second-order valence-electron chi connectivity index (χ2n) is 6.52. The van der Waals surface area contributed by atoms with E-state index < -0.39 is 0 Å².